The summed E-state index contributed by atoms with van der Waals surface area (Å²) in [5.74, 6) is -0.796. The van der Waals surface area contributed by atoms with Crippen molar-refractivity contribution in [2.45, 2.75) is 32.6 Å². The molecule has 0 radical (unpaired) electrons. The molecular formula is C27H30FN3O2. The van der Waals surface area contributed by atoms with Crippen LogP contribution in [-0.2, 0) is 4.74 Å². The van der Waals surface area contributed by atoms with E-state index in [-0.39, 0.29) is 11.7 Å². The van der Waals surface area contributed by atoms with Gasteiger partial charge in [-0.1, -0.05) is 44.4 Å². The fourth-order valence-corrected chi connectivity index (χ4v) is 3.27. The number of hydrogen-bond acceptors (Lipinski definition) is 5. The molecular weight excluding hydrogens is 417 g/mol. The van der Waals surface area contributed by atoms with E-state index in [0.29, 0.717) is 23.4 Å². The monoisotopic (exact) mass is 447 g/mol. The SMILES string of the molecule is CCCCCCOC(=O)c1ccc(-c2ccc(N=Nc3ccc(N(C)C)cc3)c(F)c2)cc1. The second kappa shape index (κ2) is 11.9. The first-order valence-corrected chi connectivity index (χ1v) is 11.2. The summed E-state index contributed by atoms with van der Waals surface area (Å²) in [6, 6.07) is 19.3. The van der Waals surface area contributed by atoms with E-state index >= 15 is 0 Å². The third-order valence-electron chi connectivity index (χ3n) is 5.27. The molecule has 33 heavy (non-hydrogen) atoms. The number of hydrogen-bond donors (Lipinski definition) is 0. The molecule has 0 saturated heterocycles. The standard InChI is InChI=1S/C27H30FN3O2/c1-4-5-6-7-18-33-27(32)21-10-8-20(9-11-21)22-12-17-26(25(28)19-22)30-29-23-13-15-24(16-14-23)31(2)3/h8-17,19H,4-7,18H2,1-3H3. The maximum atomic E-state index is 14.6. The number of azo groups is 1. The smallest absolute Gasteiger partial charge is 0.338 e. The summed E-state index contributed by atoms with van der Waals surface area (Å²) in [6.07, 6.45) is 4.23. The number of unbranched alkanes of at least 4 members (excludes halogenated alkanes) is 3. The minimum atomic E-state index is -0.461. The first-order chi connectivity index (χ1) is 16.0. The molecule has 5 nitrogen and oxygen atoms in total. The molecule has 172 valence electrons. The predicted molar refractivity (Wildman–Crippen MR) is 131 cm³/mol. The molecule has 6 heteroatoms. The zero-order chi connectivity index (χ0) is 23.6. The van der Waals surface area contributed by atoms with Crippen LogP contribution in [0.2, 0.25) is 0 Å². The molecule has 0 spiro atoms. The molecule has 3 rings (SSSR count). The maximum absolute atomic E-state index is 14.6. The van der Waals surface area contributed by atoms with Crippen molar-refractivity contribution >= 4 is 23.0 Å². The molecule has 0 amide bonds. The molecule has 0 N–H and O–H groups in total. The van der Waals surface area contributed by atoms with Crippen LogP contribution in [0.1, 0.15) is 43.0 Å². The minimum Gasteiger partial charge on any atom is -0.462 e. The van der Waals surface area contributed by atoms with Crippen LogP contribution < -0.4 is 4.90 Å². The van der Waals surface area contributed by atoms with Gasteiger partial charge < -0.3 is 9.64 Å². The Labute approximate surface area is 194 Å². The number of rotatable bonds is 10. The van der Waals surface area contributed by atoms with E-state index in [9.17, 15) is 9.18 Å². The summed E-state index contributed by atoms with van der Waals surface area (Å²) >= 11 is 0. The molecule has 3 aromatic rings. The van der Waals surface area contributed by atoms with Crippen LogP contribution in [0.5, 0.6) is 0 Å². The van der Waals surface area contributed by atoms with Crippen LogP contribution in [0.15, 0.2) is 77.0 Å². The highest BCUT2D eigenvalue weighted by Gasteiger charge is 2.09. The average molecular weight is 448 g/mol. The van der Waals surface area contributed by atoms with E-state index in [1.54, 1.807) is 36.4 Å². The normalized spacial score (nSPS) is 11.0. The van der Waals surface area contributed by atoms with E-state index in [4.69, 9.17) is 4.74 Å². The maximum Gasteiger partial charge on any atom is 0.338 e. The van der Waals surface area contributed by atoms with Crippen molar-refractivity contribution in [1.29, 1.82) is 0 Å². The van der Waals surface area contributed by atoms with Gasteiger partial charge in [-0.05, 0) is 66.1 Å². The van der Waals surface area contributed by atoms with E-state index in [2.05, 4.69) is 17.2 Å². The van der Waals surface area contributed by atoms with E-state index in [1.165, 1.54) is 6.07 Å². The third-order valence-corrected chi connectivity index (χ3v) is 5.27. The zero-order valence-electron chi connectivity index (χ0n) is 19.4. The Morgan fingerprint density at radius 3 is 2.21 bits per heavy atom. The van der Waals surface area contributed by atoms with Crippen LogP contribution in [-0.4, -0.2) is 26.7 Å². The number of ether oxygens (including phenoxy) is 1. The number of anilines is 1. The summed E-state index contributed by atoms with van der Waals surface area (Å²) in [7, 11) is 3.92. The van der Waals surface area contributed by atoms with E-state index in [1.807, 2.05) is 43.3 Å². The highest BCUT2D eigenvalue weighted by Crippen LogP contribution is 2.28. The second-order valence-corrected chi connectivity index (χ2v) is 8.05. The number of carbonyl (C=O) groups excluding carboxylic acids is 1. The van der Waals surface area contributed by atoms with E-state index in [0.717, 1.165) is 36.9 Å². The van der Waals surface area contributed by atoms with E-state index < -0.39 is 5.82 Å². The Kier molecular flexibility index (Phi) is 8.70. The van der Waals surface area contributed by atoms with Crippen molar-refractivity contribution in [2.24, 2.45) is 10.2 Å². The minimum absolute atomic E-state index is 0.165. The number of halogens is 1. The van der Waals surface area contributed by atoms with Crippen LogP contribution in [0.25, 0.3) is 11.1 Å². The molecule has 0 fully saturated rings. The Balaban J connectivity index is 1.62. The predicted octanol–water partition coefficient (Wildman–Crippen LogP) is 7.71. The van der Waals surface area contributed by atoms with Gasteiger partial charge in [-0.3, -0.25) is 0 Å². The highest BCUT2D eigenvalue weighted by molar-refractivity contribution is 5.90. The number of nitrogens with zero attached hydrogens (tertiary/aromatic N) is 3. The van der Waals surface area contributed by atoms with Crippen molar-refractivity contribution in [3.63, 3.8) is 0 Å². The molecule has 0 aliphatic rings. The van der Waals surface area contributed by atoms with Crippen molar-refractivity contribution in [1.82, 2.24) is 0 Å². The van der Waals surface area contributed by atoms with Crippen molar-refractivity contribution in [2.75, 3.05) is 25.6 Å². The Bertz CT molecular complexity index is 1080. The molecule has 0 atom stereocenters. The molecule has 0 unspecified atom stereocenters. The molecule has 0 aromatic heterocycles. The van der Waals surface area contributed by atoms with Gasteiger partial charge >= 0.3 is 5.97 Å². The van der Waals surface area contributed by atoms with Gasteiger partial charge in [0.05, 0.1) is 17.9 Å². The number of carbonyl (C=O) groups is 1. The third kappa shape index (κ3) is 6.97. The van der Waals surface area contributed by atoms with Crippen LogP contribution >= 0.6 is 0 Å². The fourth-order valence-electron chi connectivity index (χ4n) is 3.27. The van der Waals surface area contributed by atoms with Crippen molar-refractivity contribution in [3.8, 4) is 11.1 Å². The van der Waals surface area contributed by atoms with Gasteiger partial charge in [0, 0.05) is 19.8 Å². The zero-order valence-corrected chi connectivity index (χ0v) is 19.4. The lowest BCUT2D eigenvalue weighted by molar-refractivity contribution is 0.0498. The second-order valence-electron chi connectivity index (χ2n) is 8.05. The fraction of sp³-hybridized carbons (Fsp3) is 0.296. The summed E-state index contributed by atoms with van der Waals surface area (Å²) in [5, 5.41) is 8.17. The lowest BCUT2D eigenvalue weighted by Gasteiger charge is -2.11. The van der Waals surface area contributed by atoms with Gasteiger partial charge in [0.15, 0.2) is 5.82 Å². The van der Waals surface area contributed by atoms with Crippen LogP contribution in [0.3, 0.4) is 0 Å². The summed E-state index contributed by atoms with van der Waals surface area (Å²) in [5.41, 5.74) is 3.85. The number of benzene rings is 3. The first kappa shape index (κ1) is 24.1. The Hall–Kier alpha value is -3.54. The van der Waals surface area contributed by atoms with Gasteiger partial charge in [-0.15, -0.1) is 5.11 Å². The number of esters is 1. The summed E-state index contributed by atoms with van der Waals surface area (Å²) in [6.45, 7) is 2.57. The Morgan fingerprint density at radius 2 is 1.58 bits per heavy atom. The van der Waals surface area contributed by atoms with Crippen molar-refractivity contribution < 1.29 is 13.9 Å². The van der Waals surface area contributed by atoms with Crippen LogP contribution in [0.4, 0.5) is 21.5 Å². The molecule has 0 saturated carbocycles. The highest BCUT2D eigenvalue weighted by atomic mass is 19.1. The summed E-state index contributed by atoms with van der Waals surface area (Å²) in [4.78, 5) is 14.1. The largest absolute Gasteiger partial charge is 0.462 e. The Morgan fingerprint density at radius 1 is 0.879 bits per heavy atom. The van der Waals surface area contributed by atoms with Gasteiger partial charge in [0.1, 0.15) is 5.69 Å². The lowest BCUT2D eigenvalue weighted by atomic mass is 10.0. The first-order valence-electron chi connectivity index (χ1n) is 11.2. The van der Waals surface area contributed by atoms with Gasteiger partial charge in [-0.25, -0.2) is 9.18 Å². The molecule has 0 aliphatic carbocycles. The molecule has 0 aliphatic heterocycles. The lowest BCUT2D eigenvalue weighted by Crippen LogP contribution is -2.07. The summed E-state index contributed by atoms with van der Waals surface area (Å²) < 4.78 is 19.9. The average Bonchev–Trinajstić information content (AvgIpc) is 2.83. The molecule has 3 aromatic carbocycles. The van der Waals surface area contributed by atoms with Gasteiger partial charge in [0.25, 0.3) is 0 Å². The van der Waals surface area contributed by atoms with Crippen LogP contribution in [0, 0.1) is 5.82 Å². The molecule has 0 heterocycles. The topological polar surface area (TPSA) is 54.3 Å². The molecule has 0 bridgehead atoms. The van der Waals surface area contributed by atoms with Gasteiger partial charge in [0.2, 0.25) is 0 Å². The quantitative estimate of drug-likeness (QED) is 0.182. The van der Waals surface area contributed by atoms with Gasteiger partial charge in [-0.2, -0.15) is 5.11 Å². The van der Waals surface area contributed by atoms with Crippen molar-refractivity contribution in [3.05, 3.63) is 78.1 Å².